The highest BCUT2D eigenvalue weighted by Crippen LogP contribution is 2.24. The Balaban J connectivity index is 1.68. The Kier molecular flexibility index (Phi) is 5.58. The number of aromatic nitrogens is 2. The molecule has 1 atom stereocenters. The van der Waals surface area contributed by atoms with Gasteiger partial charge in [0.05, 0.1) is 23.3 Å². The maximum Gasteiger partial charge on any atom is 0.573 e. The molecule has 0 radical (unpaired) electrons. The van der Waals surface area contributed by atoms with Crippen LogP contribution in [0.4, 0.5) is 13.2 Å². The highest BCUT2D eigenvalue weighted by atomic mass is 19.4. The molecule has 2 aromatic carbocycles. The van der Waals surface area contributed by atoms with Gasteiger partial charge in [0.1, 0.15) is 12.3 Å². The highest BCUT2D eigenvalue weighted by Gasteiger charge is 2.31. The zero-order chi connectivity index (χ0) is 21.2. The zero-order valence-corrected chi connectivity index (χ0v) is 15.7. The lowest BCUT2D eigenvalue weighted by atomic mass is 10.1. The number of hydrogen-bond acceptors (Lipinski definition) is 4. The molecular formula is C20H18F3N3O3. The minimum absolute atomic E-state index is 0.227. The lowest BCUT2D eigenvalue weighted by molar-refractivity contribution is -0.274. The van der Waals surface area contributed by atoms with E-state index in [9.17, 15) is 22.8 Å². The molecule has 0 fully saturated rings. The van der Waals surface area contributed by atoms with Gasteiger partial charge in [-0.15, -0.1) is 13.2 Å². The summed E-state index contributed by atoms with van der Waals surface area (Å²) in [5.41, 5.74) is 1.72. The Bertz CT molecular complexity index is 1090. The van der Waals surface area contributed by atoms with Crippen molar-refractivity contribution in [3.8, 4) is 5.75 Å². The van der Waals surface area contributed by atoms with Gasteiger partial charge in [-0.1, -0.05) is 24.3 Å². The molecule has 1 heterocycles. The number of aryl methyl sites for hydroxylation is 1. The third-order valence-corrected chi connectivity index (χ3v) is 4.36. The molecule has 3 rings (SSSR count). The summed E-state index contributed by atoms with van der Waals surface area (Å²) < 4.78 is 41.7. The molecular weight excluding hydrogens is 387 g/mol. The molecule has 152 valence electrons. The highest BCUT2D eigenvalue weighted by molar-refractivity contribution is 5.81. The van der Waals surface area contributed by atoms with Crippen LogP contribution in [0.15, 0.2) is 53.6 Å². The van der Waals surface area contributed by atoms with Crippen LogP contribution in [0.3, 0.4) is 0 Å². The number of nitrogens with one attached hydrogen (secondary N) is 1. The monoisotopic (exact) mass is 405 g/mol. The summed E-state index contributed by atoms with van der Waals surface area (Å²) >= 11 is 0. The summed E-state index contributed by atoms with van der Waals surface area (Å²) in [4.78, 5) is 29.1. The fourth-order valence-corrected chi connectivity index (χ4v) is 2.93. The molecule has 0 spiro atoms. The summed E-state index contributed by atoms with van der Waals surface area (Å²) in [6.45, 7) is 3.30. The summed E-state index contributed by atoms with van der Waals surface area (Å²) in [7, 11) is 0. The van der Waals surface area contributed by atoms with E-state index in [1.165, 1.54) is 35.2 Å². The first-order valence-electron chi connectivity index (χ1n) is 8.74. The van der Waals surface area contributed by atoms with Crippen LogP contribution in [0.25, 0.3) is 10.9 Å². The number of halogens is 3. The van der Waals surface area contributed by atoms with Crippen LogP contribution in [0, 0.1) is 6.92 Å². The Hall–Kier alpha value is -3.36. The molecule has 0 aliphatic heterocycles. The van der Waals surface area contributed by atoms with E-state index < -0.39 is 18.3 Å². The number of carbonyl (C=O) groups excluding carboxylic acids is 1. The number of nitrogens with zero attached hydrogens (tertiary/aromatic N) is 2. The van der Waals surface area contributed by atoms with Crippen molar-refractivity contribution < 1.29 is 22.7 Å². The first-order chi connectivity index (χ1) is 13.6. The standard InChI is InChI=1S/C20H18F3N3O3/c1-12-4-3-5-16-18(12)24-11-26(19(16)28)10-17(27)25-13(2)14-6-8-15(9-7-14)29-20(21,22)23/h3-9,11,13H,10H2,1-2H3,(H,25,27). The number of fused-ring (bicyclic) bond motifs is 1. The van der Waals surface area contributed by atoms with Gasteiger partial charge in [-0.25, -0.2) is 4.98 Å². The largest absolute Gasteiger partial charge is 0.573 e. The maximum atomic E-state index is 12.6. The van der Waals surface area contributed by atoms with Gasteiger partial charge in [-0.05, 0) is 43.2 Å². The second-order valence-electron chi connectivity index (χ2n) is 6.55. The van der Waals surface area contributed by atoms with E-state index in [-0.39, 0.29) is 17.9 Å². The number of ether oxygens (including phenoxy) is 1. The van der Waals surface area contributed by atoms with Gasteiger partial charge >= 0.3 is 6.36 Å². The number of para-hydroxylation sites is 1. The molecule has 0 bridgehead atoms. The molecule has 1 aromatic heterocycles. The quantitative estimate of drug-likeness (QED) is 0.705. The van der Waals surface area contributed by atoms with Crippen molar-refractivity contribution in [1.82, 2.24) is 14.9 Å². The minimum atomic E-state index is -4.76. The van der Waals surface area contributed by atoms with Crippen molar-refractivity contribution in [3.63, 3.8) is 0 Å². The second kappa shape index (κ2) is 7.94. The molecule has 1 unspecified atom stereocenters. The van der Waals surface area contributed by atoms with Crippen LogP contribution >= 0.6 is 0 Å². The molecule has 9 heteroatoms. The SMILES string of the molecule is Cc1cccc2c(=O)n(CC(=O)NC(C)c3ccc(OC(F)(F)F)cc3)cnc12. The van der Waals surface area contributed by atoms with Gasteiger partial charge < -0.3 is 10.1 Å². The Labute approximate surface area is 163 Å². The van der Waals surface area contributed by atoms with Crippen LogP contribution in [0.1, 0.15) is 24.1 Å². The minimum Gasteiger partial charge on any atom is -0.406 e. The molecule has 0 aliphatic carbocycles. The van der Waals surface area contributed by atoms with Crippen molar-refractivity contribution in [2.45, 2.75) is 32.8 Å². The average Bonchev–Trinajstić information content (AvgIpc) is 2.64. The van der Waals surface area contributed by atoms with E-state index in [2.05, 4.69) is 15.0 Å². The predicted octanol–water partition coefficient (Wildman–Crippen LogP) is 3.48. The summed E-state index contributed by atoms with van der Waals surface area (Å²) in [5.74, 6) is -0.770. The van der Waals surface area contributed by atoms with Gasteiger partial charge in [-0.2, -0.15) is 0 Å². The van der Waals surface area contributed by atoms with Crippen LogP contribution in [0.2, 0.25) is 0 Å². The Morgan fingerprint density at radius 2 is 1.90 bits per heavy atom. The Morgan fingerprint density at radius 1 is 1.21 bits per heavy atom. The van der Waals surface area contributed by atoms with Crippen LogP contribution in [0.5, 0.6) is 5.75 Å². The normalized spacial score (nSPS) is 12.6. The van der Waals surface area contributed by atoms with E-state index in [0.717, 1.165) is 5.56 Å². The number of rotatable bonds is 5. The van der Waals surface area contributed by atoms with Crippen molar-refractivity contribution in [2.75, 3.05) is 0 Å². The second-order valence-corrected chi connectivity index (χ2v) is 6.55. The summed E-state index contributed by atoms with van der Waals surface area (Å²) in [6, 6.07) is 9.97. The summed E-state index contributed by atoms with van der Waals surface area (Å²) in [5, 5.41) is 3.13. The van der Waals surface area contributed by atoms with E-state index in [1.54, 1.807) is 19.1 Å². The zero-order valence-electron chi connectivity index (χ0n) is 15.7. The van der Waals surface area contributed by atoms with E-state index in [4.69, 9.17) is 0 Å². The van der Waals surface area contributed by atoms with Gasteiger partial charge in [0.2, 0.25) is 5.91 Å². The molecule has 29 heavy (non-hydrogen) atoms. The van der Waals surface area contributed by atoms with Gasteiger partial charge in [0.15, 0.2) is 0 Å². The van der Waals surface area contributed by atoms with Crippen LogP contribution < -0.4 is 15.6 Å². The Morgan fingerprint density at radius 3 is 2.55 bits per heavy atom. The van der Waals surface area contributed by atoms with Crippen LogP contribution in [-0.4, -0.2) is 21.8 Å². The third-order valence-electron chi connectivity index (χ3n) is 4.36. The number of benzene rings is 2. The predicted molar refractivity (Wildman–Crippen MR) is 100 cm³/mol. The smallest absolute Gasteiger partial charge is 0.406 e. The molecule has 1 N–H and O–H groups in total. The fraction of sp³-hybridized carbons (Fsp3) is 0.250. The maximum absolute atomic E-state index is 12.6. The van der Waals surface area contributed by atoms with Crippen molar-refractivity contribution >= 4 is 16.8 Å². The molecule has 6 nitrogen and oxygen atoms in total. The lowest BCUT2D eigenvalue weighted by Gasteiger charge is -2.16. The van der Waals surface area contributed by atoms with E-state index in [0.29, 0.717) is 16.5 Å². The van der Waals surface area contributed by atoms with Crippen molar-refractivity contribution in [1.29, 1.82) is 0 Å². The topological polar surface area (TPSA) is 73.2 Å². The number of alkyl halides is 3. The number of hydrogen-bond donors (Lipinski definition) is 1. The van der Waals surface area contributed by atoms with E-state index in [1.807, 2.05) is 13.0 Å². The summed E-state index contributed by atoms with van der Waals surface area (Å²) in [6.07, 6.45) is -3.44. The number of amides is 1. The van der Waals surface area contributed by atoms with Gasteiger partial charge in [0.25, 0.3) is 5.56 Å². The van der Waals surface area contributed by atoms with Gasteiger partial charge in [0, 0.05) is 0 Å². The fourth-order valence-electron chi connectivity index (χ4n) is 2.93. The first kappa shape index (κ1) is 20.4. The van der Waals surface area contributed by atoms with Gasteiger partial charge in [-0.3, -0.25) is 14.2 Å². The first-order valence-corrected chi connectivity index (χ1v) is 8.74. The van der Waals surface area contributed by atoms with E-state index >= 15 is 0 Å². The molecule has 1 amide bonds. The van der Waals surface area contributed by atoms with Crippen LogP contribution in [-0.2, 0) is 11.3 Å². The van der Waals surface area contributed by atoms with Crippen molar-refractivity contribution in [2.24, 2.45) is 0 Å². The average molecular weight is 405 g/mol. The molecule has 3 aromatic rings. The lowest BCUT2D eigenvalue weighted by Crippen LogP contribution is -2.34. The molecule has 0 saturated heterocycles. The molecule has 0 saturated carbocycles. The molecule has 0 aliphatic rings. The number of carbonyl (C=O) groups is 1. The van der Waals surface area contributed by atoms with Crippen molar-refractivity contribution in [3.05, 3.63) is 70.3 Å². The third kappa shape index (κ3) is 4.92.